The molecule has 0 bridgehead atoms. The smallest absolute Gasteiger partial charge is 0.244 e. The highest BCUT2D eigenvalue weighted by Gasteiger charge is 2.28. The van der Waals surface area contributed by atoms with Crippen molar-refractivity contribution in [2.45, 2.75) is 58.4 Å². The fourth-order valence-corrected chi connectivity index (χ4v) is 3.92. The monoisotopic (exact) mass is 459 g/mol. The van der Waals surface area contributed by atoms with E-state index < -0.39 is 17.9 Å². The number of nitrogens with two attached hydrogens (primary N) is 1. The number of hydrogen-bond donors (Lipinski definition) is 6. The van der Waals surface area contributed by atoms with Crippen molar-refractivity contribution in [1.82, 2.24) is 21.1 Å². The van der Waals surface area contributed by atoms with E-state index in [2.05, 4.69) is 15.6 Å². The number of nitrogens with one attached hydrogen (secondary N) is 4. The Kier molecular flexibility index (Phi) is 10.9. The highest BCUT2D eigenvalue weighted by atomic mass is 16.5. The van der Waals surface area contributed by atoms with Gasteiger partial charge in [-0.15, -0.1) is 0 Å². The molecule has 0 fully saturated rings. The standard InChI is InChI=1S/C24H37N5O4/c1-16(2)12-17(14-22(30)29-33)23(31)28-21(24(32)26-11-7-3-6-10-25)13-18-15-27-20-9-5-4-8-19(18)20/h4-5,8-9,15-17,21,27,33H,3,6-7,10-14,25H2,1-2H3,(H,26,32)(H,28,31)(H,29,30)/t17-,21+/m1/s1. The molecule has 1 aromatic heterocycles. The number of carbonyl (C=O) groups is 3. The lowest BCUT2D eigenvalue weighted by Crippen LogP contribution is -2.50. The van der Waals surface area contributed by atoms with Gasteiger partial charge in [-0.2, -0.15) is 0 Å². The van der Waals surface area contributed by atoms with Crippen LogP contribution < -0.4 is 21.8 Å². The molecule has 0 aliphatic heterocycles. The molecule has 2 aromatic rings. The minimum Gasteiger partial charge on any atom is -0.361 e. The molecule has 0 radical (unpaired) electrons. The molecule has 33 heavy (non-hydrogen) atoms. The van der Waals surface area contributed by atoms with Gasteiger partial charge in [0.1, 0.15) is 6.04 Å². The largest absolute Gasteiger partial charge is 0.361 e. The molecule has 0 unspecified atom stereocenters. The summed E-state index contributed by atoms with van der Waals surface area (Å²) in [6, 6.07) is 6.99. The highest BCUT2D eigenvalue weighted by molar-refractivity contribution is 5.91. The zero-order valence-electron chi connectivity index (χ0n) is 19.5. The van der Waals surface area contributed by atoms with Crippen LogP contribution in [0.25, 0.3) is 10.9 Å². The minimum absolute atomic E-state index is 0.152. The van der Waals surface area contributed by atoms with E-state index in [1.165, 1.54) is 0 Å². The van der Waals surface area contributed by atoms with E-state index in [1.807, 2.05) is 44.3 Å². The van der Waals surface area contributed by atoms with Gasteiger partial charge in [-0.1, -0.05) is 38.5 Å². The molecule has 182 valence electrons. The van der Waals surface area contributed by atoms with E-state index >= 15 is 0 Å². The number of aromatic amines is 1. The summed E-state index contributed by atoms with van der Waals surface area (Å²) in [7, 11) is 0. The van der Waals surface area contributed by atoms with Gasteiger partial charge in [0.15, 0.2) is 0 Å². The number of rotatable bonds is 14. The molecule has 0 saturated heterocycles. The summed E-state index contributed by atoms with van der Waals surface area (Å²) >= 11 is 0. The van der Waals surface area contributed by atoms with Gasteiger partial charge in [-0.05, 0) is 43.4 Å². The fourth-order valence-electron chi connectivity index (χ4n) is 3.92. The molecular formula is C24H37N5O4. The minimum atomic E-state index is -0.793. The van der Waals surface area contributed by atoms with Gasteiger partial charge in [0.05, 0.1) is 0 Å². The number of unbranched alkanes of at least 4 members (excludes halogenated alkanes) is 2. The fraction of sp³-hybridized carbons (Fsp3) is 0.542. The molecular weight excluding hydrogens is 422 g/mol. The Hall–Kier alpha value is -2.91. The average Bonchev–Trinajstić information content (AvgIpc) is 3.20. The second kappa shape index (κ2) is 13.6. The predicted molar refractivity (Wildman–Crippen MR) is 127 cm³/mol. The third-order valence-electron chi connectivity index (χ3n) is 5.60. The van der Waals surface area contributed by atoms with Crippen molar-refractivity contribution in [2.24, 2.45) is 17.6 Å². The molecule has 7 N–H and O–H groups in total. The third kappa shape index (κ3) is 8.51. The SMILES string of the molecule is CC(C)C[C@H](CC(=O)NO)C(=O)N[C@@H](Cc1c[nH]c2ccccc12)C(=O)NCCCCCN. The Morgan fingerprint density at radius 1 is 1.09 bits per heavy atom. The Morgan fingerprint density at radius 2 is 1.85 bits per heavy atom. The average molecular weight is 460 g/mol. The lowest BCUT2D eigenvalue weighted by atomic mass is 9.92. The van der Waals surface area contributed by atoms with E-state index in [4.69, 9.17) is 10.9 Å². The van der Waals surface area contributed by atoms with Gasteiger partial charge in [0.25, 0.3) is 0 Å². The number of para-hydroxylation sites is 1. The lowest BCUT2D eigenvalue weighted by Gasteiger charge is -2.23. The number of aromatic nitrogens is 1. The molecule has 1 aromatic carbocycles. The molecule has 0 aliphatic rings. The van der Waals surface area contributed by atoms with Crippen molar-refractivity contribution in [2.75, 3.05) is 13.1 Å². The van der Waals surface area contributed by atoms with Crippen LogP contribution in [0.5, 0.6) is 0 Å². The first-order valence-corrected chi connectivity index (χ1v) is 11.6. The zero-order valence-corrected chi connectivity index (χ0v) is 19.5. The molecule has 9 heteroatoms. The van der Waals surface area contributed by atoms with Crippen LogP contribution in [0.2, 0.25) is 0 Å². The molecule has 9 nitrogen and oxygen atoms in total. The second-order valence-corrected chi connectivity index (χ2v) is 8.83. The van der Waals surface area contributed by atoms with Crippen molar-refractivity contribution >= 4 is 28.6 Å². The maximum atomic E-state index is 13.1. The van der Waals surface area contributed by atoms with Crippen LogP contribution in [0.3, 0.4) is 0 Å². The number of hydrogen-bond acceptors (Lipinski definition) is 5. The first-order chi connectivity index (χ1) is 15.8. The first kappa shape index (κ1) is 26.3. The van der Waals surface area contributed by atoms with Gasteiger partial charge in [0.2, 0.25) is 17.7 Å². The van der Waals surface area contributed by atoms with Gasteiger partial charge < -0.3 is 21.4 Å². The van der Waals surface area contributed by atoms with Crippen LogP contribution in [-0.4, -0.2) is 47.0 Å². The Bertz CT molecular complexity index is 911. The molecule has 3 amide bonds. The molecule has 2 atom stereocenters. The number of hydroxylamine groups is 1. The summed E-state index contributed by atoms with van der Waals surface area (Å²) in [6.45, 7) is 5.02. The molecule has 0 aliphatic carbocycles. The van der Waals surface area contributed by atoms with Crippen LogP contribution in [0.4, 0.5) is 0 Å². The van der Waals surface area contributed by atoms with E-state index in [-0.39, 0.29) is 24.2 Å². The van der Waals surface area contributed by atoms with Crippen LogP contribution in [0.1, 0.15) is 51.5 Å². The Balaban J connectivity index is 2.16. The summed E-state index contributed by atoms with van der Waals surface area (Å²) in [4.78, 5) is 41.0. The Morgan fingerprint density at radius 3 is 2.55 bits per heavy atom. The zero-order chi connectivity index (χ0) is 24.2. The van der Waals surface area contributed by atoms with Crippen molar-refractivity contribution < 1.29 is 19.6 Å². The van der Waals surface area contributed by atoms with Gasteiger partial charge in [0, 0.05) is 42.4 Å². The van der Waals surface area contributed by atoms with Crippen LogP contribution in [0, 0.1) is 11.8 Å². The maximum absolute atomic E-state index is 13.1. The van der Waals surface area contributed by atoms with Gasteiger partial charge in [-0.25, -0.2) is 5.48 Å². The summed E-state index contributed by atoms with van der Waals surface area (Å²) in [5.41, 5.74) is 8.98. The van der Waals surface area contributed by atoms with Gasteiger partial charge in [-0.3, -0.25) is 19.6 Å². The molecule has 2 rings (SSSR count). The molecule has 0 spiro atoms. The second-order valence-electron chi connectivity index (χ2n) is 8.83. The number of amides is 3. The predicted octanol–water partition coefficient (Wildman–Crippen LogP) is 2.00. The van der Waals surface area contributed by atoms with E-state index in [0.717, 1.165) is 35.7 Å². The number of carbonyl (C=O) groups excluding carboxylic acids is 3. The van der Waals surface area contributed by atoms with Crippen molar-refractivity contribution in [3.05, 3.63) is 36.0 Å². The van der Waals surface area contributed by atoms with Crippen LogP contribution in [-0.2, 0) is 20.8 Å². The third-order valence-corrected chi connectivity index (χ3v) is 5.60. The normalized spacial score (nSPS) is 13.0. The summed E-state index contributed by atoms with van der Waals surface area (Å²) in [5, 5.41) is 15.7. The highest BCUT2D eigenvalue weighted by Crippen LogP contribution is 2.20. The molecule has 0 saturated carbocycles. The van der Waals surface area contributed by atoms with Crippen LogP contribution >= 0.6 is 0 Å². The van der Waals surface area contributed by atoms with E-state index in [1.54, 1.807) is 5.48 Å². The van der Waals surface area contributed by atoms with Gasteiger partial charge >= 0.3 is 0 Å². The van der Waals surface area contributed by atoms with Crippen molar-refractivity contribution in [3.8, 4) is 0 Å². The van der Waals surface area contributed by atoms with E-state index in [9.17, 15) is 14.4 Å². The van der Waals surface area contributed by atoms with Crippen molar-refractivity contribution in [1.29, 1.82) is 0 Å². The lowest BCUT2D eigenvalue weighted by molar-refractivity contribution is -0.136. The summed E-state index contributed by atoms with van der Waals surface area (Å²) in [6.07, 6.45) is 5.09. The topological polar surface area (TPSA) is 149 Å². The number of benzene rings is 1. The van der Waals surface area contributed by atoms with Crippen molar-refractivity contribution in [3.63, 3.8) is 0 Å². The van der Waals surface area contributed by atoms with Crippen LogP contribution in [0.15, 0.2) is 30.5 Å². The van der Waals surface area contributed by atoms with E-state index in [0.29, 0.717) is 25.9 Å². The Labute approximate surface area is 194 Å². The first-order valence-electron chi connectivity index (χ1n) is 11.6. The summed E-state index contributed by atoms with van der Waals surface area (Å²) in [5.74, 6) is -1.77. The number of H-pyrrole nitrogens is 1. The summed E-state index contributed by atoms with van der Waals surface area (Å²) < 4.78 is 0. The molecule has 1 heterocycles. The number of fused-ring (bicyclic) bond motifs is 1. The maximum Gasteiger partial charge on any atom is 0.244 e. The quantitative estimate of drug-likeness (QED) is 0.145.